The molecule has 0 saturated heterocycles. The number of nitrogen functional groups attached to an aromatic ring is 1. The Balaban J connectivity index is 2.42. The summed E-state index contributed by atoms with van der Waals surface area (Å²) in [5.41, 5.74) is 6.55. The van der Waals surface area contributed by atoms with Crippen molar-refractivity contribution in [3.05, 3.63) is 40.2 Å². The topological polar surface area (TPSA) is 55.1 Å². The summed E-state index contributed by atoms with van der Waals surface area (Å²) in [6.45, 7) is 5.50. The van der Waals surface area contributed by atoms with E-state index in [1.807, 2.05) is 25.1 Å². The Morgan fingerprint density at radius 1 is 1.61 bits per heavy atom. The first kappa shape index (κ1) is 13.1. The first-order valence-electron chi connectivity index (χ1n) is 5.44. The van der Waals surface area contributed by atoms with Crippen LogP contribution < -0.4 is 11.1 Å². The van der Waals surface area contributed by atoms with Crippen molar-refractivity contribution >= 4 is 48.9 Å². The largest absolute Gasteiger partial charge is 0.397 e. The van der Waals surface area contributed by atoms with Gasteiger partial charge in [-0.2, -0.15) is 0 Å². The van der Waals surface area contributed by atoms with Gasteiger partial charge in [0.25, 0.3) is 5.91 Å². The summed E-state index contributed by atoms with van der Waals surface area (Å²) in [5.74, 6) is -0.155. The van der Waals surface area contributed by atoms with E-state index in [0.29, 0.717) is 10.6 Å². The third-order valence-electron chi connectivity index (χ3n) is 2.61. The van der Waals surface area contributed by atoms with Crippen LogP contribution >= 0.6 is 27.3 Å². The van der Waals surface area contributed by atoms with E-state index in [1.165, 1.54) is 11.3 Å². The van der Waals surface area contributed by atoms with Crippen LogP contribution in [0.1, 0.15) is 16.6 Å². The summed E-state index contributed by atoms with van der Waals surface area (Å²) >= 11 is 4.80. The highest BCUT2D eigenvalue weighted by molar-refractivity contribution is 9.10. The highest BCUT2D eigenvalue weighted by Gasteiger charge is 2.17. The molecule has 0 fully saturated rings. The normalized spacial score (nSPS) is 12.3. The Labute approximate surface area is 118 Å². The molecule has 1 heterocycles. The molecule has 2 rings (SSSR count). The van der Waals surface area contributed by atoms with Crippen molar-refractivity contribution < 1.29 is 4.79 Å². The van der Waals surface area contributed by atoms with Crippen LogP contribution in [-0.2, 0) is 0 Å². The van der Waals surface area contributed by atoms with E-state index in [-0.39, 0.29) is 11.9 Å². The Morgan fingerprint density at radius 2 is 2.33 bits per heavy atom. The van der Waals surface area contributed by atoms with E-state index in [0.717, 1.165) is 14.6 Å². The van der Waals surface area contributed by atoms with Gasteiger partial charge in [0.2, 0.25) is 0 Å². The molecule has 0 aliphatic rings. The second kappa shape index (κ2) is 5.12. The van der Waals surface area contributed by atoms with Crippen molar-refractivity contribution in [2.45, 2.75) is 13.0 Å². The van der Waals surface area contributed by atoms with E-state index in [4.69, 9.17) is 5.73 Å². The molecule has 3 N–H and O–H groups in total. The van der Waals surface area contributed by atoms with Gasteiger partial charge in [0.15, 0.2) is 0 Å². The number of carbonyl (C=O) groups is 1. The van der Waals surface area contributed by atoms with Crippen molar-refractivity contribution in [1.82, 2.24) is 5.32 Å². The number of fused-ring (bicyclic) bond motifs is 1. The van der Waals surface area contributed by atoms with Crippen molar-refractivity contribution in [2.24, 2.45) is 0 Å². The molecule has 1 atom stereocenters. The van der Waals surface area contributed by atoms with E-state index < -0.39 is 0 Å². The third kappa shape index (κ3) is 2.42. The molecule has 2 aromatic rings. The second-order valence-corrected chi connectivity index (χ2v) is 5.95. The lowest BCUT2D eigenvalue weighted by Crippen LogP contribution is -2.30. The van der Waals surface area contributed by atoms with Gasteiger partial charge in [0.1, 0.15) is 4.88 Å². The number of nitrogens with two attached hydrogens (primary N) is 1. The van der Waals surface area contributed by atoms with Crippen molar-refractivity contribution in [1.29, 1.82) is 0 Å². The molecule has 1 amide bonds. The minimum absolute atomic E-state index is 0.0751. The number of hydrogen-bond donors (Lipinski definition) is 2. The van der Waals surface area contributed by atoms with Gasteiger partial charge in [-0.3, -0.25) is 4.79 Å². The number of halogens is 1. The smallest absolute Gasteiger partial charge is 0.263 e. The average Bonchev–Trinajstić information content (AvgIpc) is 2.66. The van der Waals surface area contributed by atoms with Crippen LogP contribution in [-0.4, -0.2) is 11.9 Å². The summed E-state index contributed by atoms with van der Waals surface area (Å²) < 4.78 is 1.97. The molecule has 5 heteroatoms. The van der Waals surface area contributed by atoms with E-state index in [9.17, 15) is 4.79 Å². The van der Waals surface area contributed by atoms with Gasteiger partial charge in [-0.1, -0.05) is 28.1 Å². The number of hydrogen-bond acceptors (Lipinski definition) is 3. The SMILES string of the molecule is C=CC(C)NC(=O)c1sc2cc(Br)ccc2c1N. The summed E-state index contributed by atoms with van der Waals surface area (Å²) in [6, 6.07) is 5.72. The Bertz CT molecular complexity index is 621. The summed E-state index contributed by atoms with van der Waals surface area (Å²) in [4.78, 5) is 12.6. The fourth-order valence-electron chi connectivity index (χ4n) is 1.59. The lowest BCUT2D eigenvalue weighted by Gasteiger charge is -2.07. The van der Waals surface area contributed by atoms with E-state index in [1.54, 1.807) is 6.08 Å². The molecule has 1 unspecified atom stereocenters. The Kier molecular flexibility index (Phi) is 3.73. The fourth-order valence-corrected chi connectivity index (χ4v) is 3.17. The Morgan fingerprint density at radius 3 is 3.00 bits per heavy atom. The summed E-state index contributed by atoms with van der Waals surface area (Å²) in [7, 11) is 0. The molecule has 0 spiro atoms. The molecule has 3 nitrogen and oxygen atoms in total. The maximum atomic E-state index is 12.0. The number of nitrogens with one attached hydrogen (secondary N) is 1. The first-order chi connectivity index (χ1) is 8.52. The van der Waals surface area contributed by atoms with E-state index in [2.05, 4.69) is 27.8 Å². The highest BCUT2D eigenvalue weighted by atomic mass is 79.9. The third-order valence-corrected chi connectivity index (χ3v) is 4.27. The predicted octanol–water partition coefficient (Wildman–Crippen LogP) is 3.55. The number of anilines is 1. The lowest BCUT2D eigenvalue weighted by molar-refractivity contribution is 0.0952. The zero-order chi connectivity index (χ0) is 13.3. The van der Waals surface area contributed by atoms with Crippen LogP contribution in [0.25, 0.3) is 10.1 Å². The Hall–Kier alpha value is -1.33. The van der Waals surface area contributed by atoms with Gasteiger partial charge in [0.05, 0.1) is 5.69 Å². The maximum absolute atomic E-state index is 12.0. The molecule has 0 aliphatic heterocycles. The lowest BCUT2D eigenvalue weighted by atomic mass is 10.2. The van der Waals surface area contributed by atoms with Crippen LogP contribution in [0.4, 0.5) is 5.69 Å². The first-order valence-corrected chi connectivity index (χ1v) is 7.05. The highest BCUT2D eigenvalue weighted by Crippen LogP contribution is 2.35. The van der Waals surface area contributed by atoms with Crippen LogP contribution in [0.2, 0.25) is 0 Å². The van der Waals surface area contributed by atoms with Gasteiger partial charge >= 0.3 is 0 Å². The van der Waals surface area contributed by atoms with Crippen molar-refractivity contribution in [3.63, 3.8) is 0 Å². The number of thiophene rings is 1. The molecule has 0 aliphatic carbocycles. The van der Waals surface area contributed by atoms with E-state index >= 15 is 0 Å². The number of rotatable bonds is 3. The summed E-state index contributed by atoms with van der Waals surface area (Å²) in [5, 5.41) is 3.74. The molecule has 1 aromatic carbocycles. The summed E-state index contributed by atoms with van der Waals surface area (Å²) in [6.07, 6.45) is 1.68. The van der Waals surface area contributed by atoms with Gasteiger partial charge in [-0.25, -0.2) is 0 Å². The minimum Gasteiger partial charge on any atom is -0.397 e. The van der Waals surface area contributed by atoms with Gasteiger partial charge in [-0.15, -0.1) is 17.9 Å². The van der Waals surface area contributed by atoms with Gasteiger partial charge < -0.3 is 11.1 Å². The molecule has 94 valence electrons. The number of carbonyl (C=O) groups excluding carboxylic acids is 1. The van der Waals surface area contributed by atoms with Crippen molar-refractivity contribution in [2.75, 3.05) is 5.73 Å². The minimum atomic E-state index is -0.155. The monoisotopic (exact) mass is 324 g/mol. The molecule has 1 aromatic heterocycles. The van der Waals surface area contributed by atoms with Crippen LogP contribution in [0.5, 0.6) is 0 Å². The number of benzene rings is 1. The predicted molar refractivity (Wildman–Crippen MR) is 81.1 cm³/mol. The van der Waals surface area contributed by atoms with Crippen LogP contribution in [0.15, 0.2) is 35.3 Å². The van der Waals surface area contributed by atoms with Crippen molar-refractivity contribution in [3.8, 4) is 0 Å². The molecule has 0 radical (unpaired) electrons. The van der Waals surface area contributed by atoms with Gasteiger partial charge in [-0.05, 0) is 19.1 Å². The molecule has 0 bridgehead atoms. The molecular weight excluding hydrogens is 312 g/mol. The molecular formula is C13H13BrN2OS. The average molecular weight is 325 g/mol. The molecule has 0 saturated carbocycles. The molecule has 18 heavy (non-hydrogen) atoms. The van der Waals surface area contributed by atoms with Gasteiger partial charge in [0, 0.05) is 20.6 Å². The fraction of sp³-hybridized carbons (Fsp3) is 0.154. The van der Waals surface area contributed by atoms with Crippen LogP contribution in [0, 0.1) is 0 Å². The second-order valence-electron chi connectivity index (χ2n) is 3.98. The standard InChI is InChI=1S/C13H13BrN2OS/c1-3-7(2)16-13(17)12-11(15)9-5-4-8(14)6-10(9)18-12/h3-7H,1,15H2,2H3,(H,16,17). The maximum Gasteiger partial charge on any atom is 0.263 e. The number of amides is 1. The zero-order valence-corrected chi connectivity index (χ0v) is 12.3. The zero-order valence-electron chi connectivity index (χ0n) is 9.87. The van der Waals surface area contributed by atoms with Crippen LogP contribution in [0.3, 0.4) is 0 Å². The quantitative estimate of drug-likeness (QED) is 0.848.